The smallest absolute Gasteiger partial charge is 0.328 e. The van der Waals surface area contributed by atoms with E-state index in [0.717, 1.165) is 11.1 Å². The summed E-state index contributed by atoms with van der Waals surface area (Å²) < 4.78 is 38.4. The minimum Gasteiger partial charge on any atom is -0.496 e. The van der Waals surface area contributed by atoms with Gasteiger partial charge in [-0.25, -0.2) is 13.2 Å². The predicted molar refractivity (Wildman–Crippen MR) is 150 cm³/mol. The molecule has 0 saturated carbocycles. The lowest BCUT2D eigenvalue weighted by atomic mass is 9.99. The lowest BCUT2D eigenvalue weighted by molar-refractivity contribution is -0.138. The van der Waals surface area contributed by atoms with Crippen molar-refractivity contribution in [1.82, 2.24) is 4.31 Å². The molecule has 0 spiro atoms. The SMILES string of the molecule is COc1cccc(OC)c1-c1ccc(C[C@H](N=C(N)[C@@H]2CCN2S(=O)(=O)c2cc(Cl)cc(Cl)c2)C(=O)O)cc1. The van der Waals surface area contributed by atoms with Crippen LogP contribution >= 0.6 is 23.2 Å². The summed E-state index contributed by atoms with van der Waals surface area (Å²) >= 11 is 12.0. The number of methoxy groups -OCH3 is 2. The summed E-state index contributed by atoms with van der Waals surface area (Å²) in [5, 5.41) is 10.2. The lowest BCUT2D eigenvalue weighted by Crippen LogP contribution is -2.57. The molecule has 4 rings (SSSR count). The van der Waals surface area contributed by atoms with Crippen LogP contribution in [0.15, 0.2) is 70.6 Å². The Morgan fingerprint density at radius 1 is 1.08 bits per heavy atom. The van der Waals surface area contributed by atoms with Crippen molar-refractivity contribution in [3.05, 3.63) is 76.3 Å². The van der Waals surface area contributed by atoms with E-state index < -0.39 is 28.1 Å². The Morgan fingerprint density at radius 3 is 2.15 bits per heavy atom. The predicted octanol–water partition coefficient (Wildman–Crippen LogP) is 4.49. The maximum atomic E-state index is 13.1. The number of hydrogen-bond donors (Lipinski definition) is 2. The Morgan fingerprint density at radius 2 is 1.67 bits per heavy atom. The lowest BCUT2D eigenvalue weighted by Gasteiger charge is -2.39. The molecule has 206 valence electrons. The van der Waals surface area contributed by atoms with Crippen LogP contribution < -0.4 is 15.2 Å². The molecule has 1 aliphatic heterocycles. The summed E-state index contributed by atoms with van der Waals surface area (Å²) in [5.74, 6) is 0.0374. The Labute approximate surface area is 236 Å². The van der Waals surface area contributed by atoms with Crippen molar-refractivity contribution in [2.75, 3.05) is 20.8 Å². The van der Waals surface area contributed by atoms with Crippen LogP contribution in [0.5, 0.6) is 11.5 Å². The Hall–Kier alpha value is -3.31. The average Bonchev–Trinajstić information content (AvgIpc) is 2.86. The molecule has 1 heterocycles. The number of hydrogen-bond acceptors (Lipinski definition) is 6. The van der Waals surface area contributed by atoms with Crippen molar-refractivity contribution in [3.63, 3.8) is 0 Å². The molecule has 1 fully saturated rings. The maximum Gasteiger partial charge on any atom is 0.328 e. The molecule has 39 heavy (non-hydrogen) atoms. The molecule has 0 unspecified atom stereocenters. The van der Waals surface area contributed by atoms with Gasteiger partial charge in [0, 0.05) is 23.0 Å². The molecule has 0 radical (unpaired) electrons. The first-order valence-corrected chi connectivity index (χ1v) is 14.1. The highest BCUT2D eigenvalue weighted by Gasteiger charge is 2.41. The first-order chi connectivity index (χ1) is 18.5. The van der Waals surface area contributed by atoms with Crippen molar-refractivity contribution in [2.45, 2.75) is 29.8 Å². The summed E-state index contributed by atoms with van der Waals surface area (Å²) in [6, 6.07) is 14.8. The summed E-state index contributed by atoms with van der Waals surface area (Å²) in [6.45, 7) is 0.207. The monoisotopic (exact) mass is 591 g/mol. The number of aliphatic carboxylic acids is 1. The van der Waals surface area contributed by atoms with E-state index in [1.165, 1.54) is 22.5 Å². The Kier molecular flexibility index (Phi) is 8.70. The second-order valence-electron chi connectivity index (χ2n) is 8.87. The molecule has 9 nitrogen and oxygen atoms in total. The fourth-order valence-electron chi connectivity index (χ4n) is 4.38. The van der Waals surface area contributed by atoms with Gasteiger partial charge in [0.2, 0.25) is 10.0 Å². The number of nitrogens with zero attached hydrogens (tertiary/aromatic N) is 2. The number of carboxylic acid groups (broad SMARTS) is 1. The third-order valence-electron chi connectivity index (χ3n) is 6.44. The third-order valence-corrected chi connectivity index (χ3v) is 8.77. The molecule has 3 N–H and O–H groups in total. The van der Waals surface area contributed by atoms with E-state index in [4.69, 9.17) is 38.4 Å². The summed E-state index contributed by atoms with van der Waals surface area (Å²) in [7, 11) is -0.814. The second-order valence-corrected chi connectivity index (χ2v) is 11.6. The van der Waals surface area contributed by atoms with Crippen molar-refractivity contribution in [2.24, 2.45) is 10.7 Å². The molecule has 3 aromatic carbocycles. The number of nitrogens with two attached hydrogens (primary N) is 1. The van der Waals surface area contributed by atoms with Crippen molar-refractivity contribution >= 4 is 45.0 Å². The molecular formula is C27H27Cl2N3O6S. The van der Waals surface area contributed by atoms with E-state index >= 15 is 0 Å². The number of carboxylic acids is 1. The van der Waals surface area contributed by atoms with E-state index in [9.17, 15) is 18.3 Å². The van der Waals surface area contributed by atoms with Gasteiger partial charge in [0.25, 0.3) is 0 Å². The molecule has 1 aliphatic rings. The average molecular weight is 593 g/mol. The number of amidine groups is 1. The quantitative estimate of drug-likeness (QED) is 0.262. The van der Waals surface area contributed by atoms with Gasteiger partial charge in [0.15, 0.2) is 6.04 Å². The highest BCUT2D eigenvalue weighted by Crippen LogP contribution is 2.38. The van der Waals surface area contributed by atoms with Crippen LogP contribution in [0.4, 0.5) is 0 Å². The van der Waals surface area contributed by atoms with Crippen molar-refractivity contribution < 1.29 is 27.8 Å². The van der Waals surface area contributed by atoms with E-state index in [-0.39, 0.29) is 33.7 Å². The summed E-state index contributed by atoms with van der Waals surface area (Å²) in [4.78, 5) is 16.2. The summed E-state index contributed by atoms with van der Waals surface area (Å²) in [5.41, 5.74) is 8.48. The summed E-state index contributed by atoms with van der Waals surface area (Å²) in [6.07, 6.45) is 0.466. The number of halogens is 2. The molecule has 12 heteroatoms. The highest BCUT2D eigenvalue weighted by molar-refractivity contribution is 7.89. The van der Waals surface area contributed by atoms with E-state index in [1.54, 1.807) is 26.4 Å². The second kappa shape index (κ2) is 11.8. The number of rotatable bonds is 10. The molecule has 3 aromatic rings. The minimum atomic E-state index is -3.96. The third kappa shape index (κ3) is 6.14. The van der Waals surface area contributed by atoms with Crippen molar-refractivity contribution in [3.8, 4) is 22.6 Å². The van der Waals surface area contributed by atoms with Gasteiger partial charge in [-0.1, -0.05) is 53.5 Å². The van der Waals surface area contributed by atoms with E-state index in [1.807, 2.05) is 30.3 Å². The normalized spacial score (nSPS) is 16.8. The molecule has 0 bridgehead atoms. The number of aliphatic imine (C=N–C) groups is 1. The first kappa shape index (κ1) is 28.7. The van der Waals surface area contributed by atoms with Gasteiger partial charge in [-0.3, -0.25) is 4.99 Å². The van der Waals surface area contributed by atoms with E-state index in [0.29, 0.717) is 23.5 Å². The van der Waals surface area contributed by atoms with Crippen LogP contribution in [0, 0.1) is 0 Å². The van der Waals surface area contributed by atoms with Gasteiger partial charge < -0.3 is 20.3 Å². The minimum absolute atomic E-state index is 0.0583. The van der Waals surface area contributed by atoms with Crippen LogP contribution in [0.25, 0.3) is 11.1 Å². The largest absolute Gasteiger partial charge is 0.496 e. The van der Waals surface area contributed by atoms with Crippen LogP contribution in [0.1, 0.15) is 12.0 Å². The fraction of sp³-hybridized carbons (Fsp3) is 0.259. The molecule has 1 saturated heterocycles. The first-order valence-electron chi connectivity index (χ1n) is 11.9. The Bertz CT molecular complexity index is 1470. The standard InChI is InChI=1S/C27H27Cl2N3O6S/c1-37-23-4-3-5-24(38-2)25(23)17-8-6-16(7-9-17)12-21(27(33)34)31-26(30)22-10-11-32(22)39(35,36)20-14-18(28)13-19(29)15-20/h3-9,13-15,21-22H,10-12H2,1-2H3,(H2,30,31)(H,33,34)/t21-,22-/m0/s1. The molecule has 2 atom stereocenters. The number of benzene rings is 3. The van der Waals surface area contributed by atoms with Gasteiger partial charge in [-0.15, -0.1) is 0 Å². The van der Waals surface area contributed by atoms with Gasteiger partial charge in [0.1, 0.15) is 17.3 Å². The van der Waals surface area contributed by atoms with E-state index in [2.05, 4.69) is 4.99 Å². The topological polar surface area (TPSA) is 132 Å². The van der Waals surface area contributed by atoms with Crippen LogP contribution in [-0.4, -0.2) is 62.5 Å². The van der Waals surface area contributed by atoms with Crippen LogP contribution in [0.3, 0.4) is 0 Å². The molecule has 0 amide bonds. The maximum absolute atomic E-state index is 13.1. The van der Waals surface area contributed by atoms with Crippen molar-refractivity contribution in [1.29, 1.82) is 0 Å². The molecule has 0 aliphatic carbocycles. The fourth-order valence-corrected chi connectivity index (χ4v) is 6.75. The van der Waals surface area contributed by atoms with Gasteiger partial charge in [-0.05, 0) is 47.9 Å². The highest BCUT2D eigenvalue weighted by atomic mass is 35.5. The van der Waals surface area contributed by atoms with Gasteiger partial charge in [0.05, 0.1) is 30.7 Å². The molecule has 0 aromatic heterocycles. The van der Waals surface area contributed by atoms with Crippen LogP contribution in [0.2, 0.25) is 10.0 Å². The number of ether oxygens (including phenoxy) is 2. The molecular weight excluding hydrogens is 565 g/mol. The zero-order chi connectivity index (χ0) is 28.3. The van der Waals surface area contributed by atoms with Gasteiger partial charge in [-0.2, -0.15) is 4.31 Å². The zero-order valence-corrected chi connectivity index (χ0v) is 23.5. The zero-order valence-electron chi connectivity index (χ0n) is 21.2. The number of carbonyl (C=O) groups is 1. The Balaban J connectivity index is 1.54. The van der Waals surface area contributed by atoms with Gasteiger partial charge >= 0.3 is 5.97 Å². The number of sulfonamides is 1. The van der Waals surface area contributed by atoms with Crippen LogP contribution in [-0.2, 0) is 21.2 Å².